The van der Waals surface area contributed by atoms with Crippen LogP contribution in [0.15, 0.2) is 4.99 Å². The molecule has 0 heterocycles. The zero-order valence-electron chi connectivity index (χ0n) is 11.4. The van der Waals surface area contributed by atoms with Crippen molar-refractivity contribution in [2.45, 2.75) is 31.7 Å². The number of rotatable bonds is 6. The summed E-state index contributed by atoms with van der Waals surface area (Å²) >= 11 is 0. The van der Waals surface area contributed by atoms with Crippen LogP contribution < -0.4 is 10.6 Å². The fraction of sp³-hybridized carbons (Fsp3) is 0.923. The van der Waals surface area contributed by atoms with E-state index in [0.717, 1.165) is 30.9 Å². The lowest BCUT2D eigenvalue weighted by molar-refractivity contribution is 0.264. The third kappa shape index (κ3) is 4.19. The number of nitrogens with one attached hydrogen (secondary N) is 2. The summed E-state index contributed by atoms with van der Waals surface area (Å²) in [6.45, 7) is 2.08. The Hall–Kier alpha value is -0.770. The molecule has 4 heteroatoms. The average Bonchev–Trinajstić information content (AvgIpc) is 3.15. The van der Waals surface area contributed by atoms with Crippen LogP contribution in [-0.4, -0.2) is 51.1 Å². The summed E-state index contributed by atoms with van der Waals surface area (Å²) in [5.74, 6) is 2.74. The van der Waals surface area contributed by atoms with Gasteiger partial charge in [0.05, 0.1) is 0 Å². The average molecular weight is 238 g/mol. The lowest BCUT2D eigenvalue weighted by atomic mass is 10.1. The van der Waals surface area contributed by atoms with Crippen molar-refractivity contribution in [2.75, 3.05) is 34.2 Å². The van der Waals surface area contributed by atoms with Crippen LogP contribution in [0.25, 0.3) is 0 Å². The maximum absolute atomic E-state index is 4.27. The number of hydrogen-bond acceptors (Lipinski definition) is 2. The molecular weight excluding hydrogens is 212 g/mol. The first kappa shape index (κ1) is 12.7. The van der Waals surface area contributed by atoms with Crippen LogP contribution in [0.2, 0.25) is 0 Å². The summed E-state index contributed by atoms with van der Waals surface area (Å²) in [5.41, 5.74) is 0. The SMILES string of the molecule is CN=C(NCC1CC1)NCC(C1CC1)N(C)C. The second kappa shape index (κ2) is 5.71. The van der Waals surface area contributed by atoms with Crippen LogP contribution in [0.5, 0.6) is 0 Å². The largest absolute Gasteiger partial charge is 0.356 e. The number of nitrogens with zero attached hydrogens (tertiary/aromatic N) is 2. The Balaban J connectivity index is 1.69. The molecule has 1 unspecified atom stereocenters. The highest BCUT2D eigenvalue weighted by atomic mass is 15.2. The number of likely N-dealkylation sites (N-methyl/N-ethyl adjacent to an activating group) is 1. The molecule has 0 aliphatic heterocycles. The molecule has 4 nitrogen and oxygen atoms in total. The topological polar surface area (TPSA) is 39.7 Å². The van der Waals surface area contributed by atoms with Crippen LogP contribution in [0, 0.1) is 11.8 Å². The Bertz CT molecular complexity index is 265. The van der Waals surface area contributed by atoms with E-state index in [9.17, 15) is 0 Å². The Morgan fingerprint density at radius 2 is 1.94 bits per heavy atom. The maximum Gasteiger partial charge on any atom is 0.191 e. The zero-order valence-corrected chi connectivity index (χ0v) is 11.4. The molecule has 2 aliphatic rings. The quantitative estimate of drug-likeness (QED) is 0.533. The highest BCUT2D eigenvalue weighted by molar-refractivity contribution is 5.79. The molecule has 17 heavy (non-hydrogen) atoms. The van der Waals surface area contributed by atoms with E-state index in [0.29, 0.717) is 6.04 Å². The van der Waals surface area contributed by atoms with Gasteiger partial charge >= 0.3 is 0 Å². The summed E-state index contributed by atoms with van der Waals surface area (Å²) in [7, 11) is 6.19. The summed E-state index contributed by atoms with van der Waals surface area (Å²) in [4.78, 5) is 6.61. The summed E-state index contributed by atoms with van der Waals surface area (Å²) < 4.78 is 0. The smallest absolute Gasteiger partial charge is 0.191 e. The van der Waals surface area contributed by atoms with Crippen molar-refractivity contribution >= 4 is 5.96 Å². The highest BCUT2D eigenvalue weighted by Crippen LogP contribution is 2.34. The second-order valence-electron chi connectivity index (χ2n) is 5.65. The first-order valence-electron chi connectivity index (χ1n) is 6.81. The van der Waals surface area contributed by atoms with Crippen LogP contribution in [0.4, 0.5) is 0 Å². The van der Waals surface area contributed by atoms with Crippen molar-refractivity contribution in [1.82, 2.24) is 15.5 Å². The van der Waals surface area contributed by atoms with Gasteiger partial charge in [-0.25, -0.2) is 0 Å². The minimum Gasteiger partial charge on any atom is -0.356 e. The molecule has 0 aromatic carbocycles. The molecule has 0 saturated heterocycles. The molecular formula is C13H26N4. The maximum atomic E-state index is 4.27. The molecule has 98 valence electrons. The van der Waals surface area contributed by atoms with Crippen molar-refractivity contribution in [2.24, 2.45) is 16.8 Å². The summed E-state index contributed by atoms with van der Waals surface area (Å²) in [6, 6.07) is 0.648. The van der Waals surface area contributed by atoms with Gasteiger partial charge in [-0.15, -0.1) is 0 Å². The standard InChI is InChI=1S/C13H26N4/c1-14-13(15-8-10-4-5-10)16-9-12(17(2)3)11-6-7-11/h10-12H,4-9H2,1-3H3,(H2,14,15,16). The molecule has 0 aromatic rings. The predicted molar refractivity (Wildman–Crippen MR) is 72.3 cm³/mol. The lowest BCUT2D eigenvalue weighted by Gasteiger charge is -2.25. The number of hydrogen-bond donors (Lipinski definition) is 2. The summed E-state index contributed by atoms with van der Waals surface area (Å²) in [5, 5.41) is 6.86. The Morgan fingerprint density at radius 3 is 2.41 bits per heavy atom. The summed E-state index contributed by atoms with van der Waals surface area (Å²) in [6.07, 6.45) is 5.54. The van der Waals surface area contributed by atoms with E-state index in [2.05, 4.69) is 34.6 Å². The Labute approximate surface area is 105 Å². The molecule has 0 bridgehead atoms. The van der Waals surface area contributed by atoms with Crippen molar-refractivity contribution < 1.29 is 0 Å². The van der Waals surface area contributed by atoms with E-state index in [-0.39, 0.29) is 0 Å². The van der Waals surface area contributed by atoms with Crippen molar-refractivity contribution in [3.8, 4) is 0 Å². The van der Waals surface area contributed by atoms with Gasteiger partial charge in [-0.2, -0.15) is 0 Å². The van der Waals surface area contributed by atoms with Crippen LogP contribution in [0.3, 0.4) is 0 Å². The molecule has 2 fully saturated rings. The van der Waals surface area contributed by atoms with Crippen LogP contribution in [0.1, 0.15) is 25.7 Å². The number of guanidine groups is 1. The molecule has 0 aromatic heterocycles. The normalized spacial score (nSPS) is 22.7. The van der Waals surface area contributed by atoms with Crippen molar-refractivity contribution in [3.05, 3.63) is 0 Å². The van der Waals surface area contributed by atoms with Gasteiger partial charge < -0.3 is 15.5 Å². The van der Waals surface area contributed by atoms with Crippen LogP contribution >= 0.6 is 0 Å². The van der Waals surface area contributed by atoms with E-state index in [1.54, 1.807) is 0 Å². The van der Waals surface area contributed by atoms with Gasteiger partial charge in [0.25, 0.3) is 0 Å². The van der Waals surface area contributed by atoms with Gasteiger partial charge in [-0.1, -0.05) is 0 Å². The van der Waals surface area contributed by atoms with Gasteiger partial charge in [-0.3, -0.25) is 4.99 Å². The molecule has 0 spiro atoms. The van der Waals surface area contributed by atoms with Crippen LogP contribution in [-0.2, 0) is 0 Å². The zero-order chi connectivity index (χ0) is 12.3. The van der Waals surface area contributed by atoms with E-state index in [1.807, 2.05) is 7.05 Å². The molecule has 1 atom stereocenters. The van der Waals surface area contributed by atoms with E-state index < -0.39 is 0 Å². The Kier molecular flexibility index (Phi) is 4.26. The molecule has 0 radical (unpaired) electrons. The van der Waals surface area contributed by atoms with Gasteiger partial charge in [-0.05, 0) is 51.6 Å². The molecule has 0 amide bonds. The minimum absolute atomic E-state index is 0.648. The van der Waals surface area contributed by atoms with E-state index in [1.165, 1.54) is 25.7 Å². The number of aliphatic imine (C=N–C) groups is 1. The van der Waals surface area contributed by atoms with Gasteiger partial charge in [0.15, 0.2) is 5.96 Å². The third-order valence-electron chi connectivity index (χ3n) is 3.79. The van der Waals surface area contributed by atoms with Crippen molar-refractivity contribution in [3.63, 3.8) is 0 Å². The first-order chi connectivity index (χ1) is 8.20. The van der Waals surface area contributed by atoms with Gasteiger partial charge in [0, 0.05) is 26.2 Å². The minimum atomic E-state index is 0.648. The molecule has 2 aliphatic carbocycles. The highest BCUT2D eigenvalue weighted by Gasteiger charge is 2.32. The Morgan fingerprint density at radius 1 is 1.24 bits per heavy atom. The second-order valence-corrected chi connectivity index (χ2v) is 5.65. The molecule has 2 rings (SSSR count). The predicted octanol–water partition coefficient (Wildman–Crippen LogP) is 0.902. The third-order valence-corrected chi connectivity index (χ3v) is 3.79. The van der Waals surface area contributed by atoms with Crippen molar-refractivity contribution in [1.29, 1.82) is 0 Å². The molecule has 2 N–H and O–H groups in total. The first-order valence-corrected chi connectivity index (χ1v) is 6.81. The van der Waals surface area contributed by atoms with Gasteiger partial charge in [0.1, 0.15) is 0 Å². The lowest BCUT2D eigenvalue weighted by Crippen LogP contribution is -2.46. The fourth-order valence-electron chi connectivity index (χ4n) is 2.24. The molecule has 2 saturated carbocycles. The fourth-order valence-corrected chi connectivity index (χ4v) is 2.24. The van der Waals surface area contributed by atoms with E-state index in [4.69, 9.17) is 0 Å². The monoisotopic (exact) mass is 238 g/mol. The van der Waals surface area contributed by atoms with E-state index >= 15 is 0 Å². The van der Waals surface area contributed by atoms with Gasteiger partial charge in [0.2, 0.25) is 0 Å².